The Morgan fingerprint density at radius 2 is 1.70 bits per heavy atom. The second-order valence-corrected chi connectivity index (χ2v) is 2.93. The third kappa shape index (κ3) is 2.32. The van der Waals surface area contributed by atoms with Crippen LogP contribution in [0.3, 0.4) is 0 Å². The molecule has 0 aromatic heterocycles. The second-order valence-electron chi connectivity index (χ2n) is 2.93. The van der Waals surface area contributed by atoms with Crippen LogP contribution in [0.15, 0.2) is 0 Å². The molecule has 0 spiro atoms. The minimum absolute atomic E-state index is 0.417. The van der Waals surface area contributed by atoms with Gasteiger partial charge in [-0.15, -0.1) is 0 Å². The molecule has 0 bridgehead atoms. The van der Waals surface area contributed by atoms with Crippen LogP contribution in [0.25, 0.3) is 0 Å². The molecule has 1 aliphatic rings. The molecule has 0 unspecified atom stereocenters. The summed E-state index contributed by atoms with van der Waals surface area (Å²) in [6.07, 6.45) is 9.25. The molecular weight excluding hydrogens is 126 g/mol. The third-order valence-corrected chi connectivity index (χ3v) is 2.12. The van der Waals surface area contributed by atoms with Gasteiger partial charge in [0, 0.05) is 12.8 Å². The van der Waals surface area contributed by atoms with E-state index in [0.29, 0.717) is 6.04 Å². The van der Waals surface area contributed by atoms with Gasteiger partial charge in [-0.2, -0.15) is 9.79 Å². The van der Waals surface area contributed by atoms with Crippen molar-refractivity contribution in [3.8, 4) is 0 Å². The molecule has 2 heteroatoms. The van der Waals surface area contributed by atoms with E-state index < -0.39 is 0 Å². The summed E-state index contributed by atoms with van der Waals surface area (Å²) in [6, 6.07) is 0.417. The average molecular weight is 140 g/mol. The Balaban J connectivity index is 2.34. The van der Waals surface area contributed by atoms with Gasteiger partial charge in [-0.05, 0) is 12.8 Å². The lowest BCUT2D eigenvalue weighted by molar-refractivity contribution is -0.502. The van der Waals surface area contributed by atoms with E-state index in [1.165, 1.54) is 25.7 Å². The fourth-order valence-corrected chi connectivity index (χ4v) is 1.51. The molecule has 0 saturated heterocycles. The van der Waals surface area contributed by atoms with Gasteiger partial charge in [-0.3, -0.25) is 0 Å². The van der Waals surface area contributed by atoms with Crippen molar-refractivity contribution >= 4 is 6.08 Å². The maximum atomic E-state index is 9.95. The first-order valence-electron chi connectivity index (χ1n) is 4.06. The van der Waals surface area contributed by atoms with Crippen LogP contribution < -0.4 is 4.99 Å². The molecule has 0 amide bonds. The molecule has 0 aromatic rings. The molecule has 0 heterocycles. The van der Waals surface area contributed by atoms with Crippen LogP contribution in [0.1, 0.15) is 38.5 Å². The van der Waals surface area contributed by atoms with Gasteiger partial charge in [0.05, 0.1) is 0 Å². The minimum Gasteiger partial charge on any atom is -0.163 e. The summed E-state index contributed by atoms with van der Waals surface area (Å²) in [5.41, 5.74) is 0. The molecule has 0 aliphatic heterocycles. The van der Waals surface area contributed by atoms with Gasteiger partial charge in [0.1, 0.15) is 0 Å². The van der Waals surface area contributed by atoms with Crippen molar-refractivity contribution in [1.29, 1.82) is 0 Å². The van der Waals surface area contributed by atoms with Crippen LogP contribution in [-0.2, 0) is 4.79 Å². The van der Waals surface area contributed by atoms with Crippen LogP contribution in [0.2, 0.25) is 0 Å². The van der Waals surface area contributed by atoms with Crippen LogP contribution in [-0.4, -0.2) is 12.1 Å². The van der Waals surface area contributed by atoms with Crippen molar-refractivity contribution in [3.63, 3.8) is 0 Å². The van der Waals surface area contributed by atoms with Gasteiger partial charge in [0.15, 0.2) is 6.04 Å². The van der Waals surface area contributed by atoms with Gasteiger partial charge >= 0.3 is 6.08 Å². The lowest BCUT2D eigenvalue weighted by atomic mass is 10.1. The van der Waals surface area contributed by atoms with Crippen molar-refractivity contribution < 1.29 is 9.79 Å². The number of hydrogen-bond acceptors (Lipinski definition) is 1. The first kappa shape index (κ1) is 7.49. The van der Waals surface area contributed by atoms with Gasteiger partial charge < -0.3 is 0 Å². The standard InChI is InChI=1S/C8H13NO/c10-7-9-8-5-3-1-2-4-6-8/h8H,1-6H2/p+1. The molecule has 1 saturated carbocycles. The average Bonchev–Trinajstić information content (AvgIpc) is 2.17. The molecule has 10 heavy (non-hydrogen) atoms. The van der Waals surface area contributed by atoms with E-state index in [1.807, 2.05) is 0 Å². The second kappa shape index (κ2) is 4.24. The topological polar surface area (TPSA) is 31.0 Å². The number of isocyanates is 1. The summed E-state index contributed by atoms with van der Waals surface area (Å²) >= 11 is 0. The highest BCUT2D eigenvalue weighted by Crippen LogP contribution is 2.14. The zero-order valence-corrected chi connectivity index (χ0v) is 6.23. The number of rotatable bonds is 1. The maximum absolute atomic E-state index is 9.95. The zero-order chi connectivity index (χ0) is 7.23. The smallest absolute Gasteiger partial charge is 0.163 e. The zero-order valence-electron chi connectivity index (χ0n) is 6.23. The first-order valence-corrected chi connectivity index (χ1v) is 4.06. The highest BCUT2D eigenvalue weighted by molar-refractivity contribution is 5.23. The van der Waals surface area contributed by atoms with Crippen molar-refractivity contribution in [2.24, 2.45) is 0 Å². The highest BCUT2D eigenvalue weighted by Gasteiger charge is 2.14. The Morgan fingerprint density at radius 3 is 2.20 bits per heavy atom. The maximum Gasteiger partial charge on any atom is 0.422 e. The Bertz CT molecular complexity index is 130. The monoisotopic (exact) mass is 140 g/mol. The van der Waals surface area contributed by atoms with Gasteiger partial charge in [0.2, 0.25) is 0 Å². The predicted molar refractivity (Wildman–Crippen MR) is 38.1 cm³/mol. The third-order valence-electron chi connectivity index (χ3n) is 2.12. The normalized spacial score (nSPS) is 21.2. The van der Waals surface area contributed by atoms with E-state index >= 15 is 0 Å². The van der Waals surface area contributed by atoms with Crippen LogP contribution in [0.4, 0.5) is 0 Å². The fourth-order valence-electron chi connectivity index (χ4n) is 1.51. The first-order chi connectivity index (χ1) is 4.93. The van der Waals surface area contributed by atoms with E-state index in [4.69, 9.17) is 0 Å². The van der Waals surface area contributed by atoms with Gasteiger partial charge in [0.25, 0.3) is 0 Å². The Kier molecular flexibility index (Phi) is 3.17. The van der Waals surface area contributed by atoms with Crippen LogP contribution in [0.5, 0.6) is 0 Å². The summed E-state index contributed by atoms with van der Waals surface area (Å²) < 4.78 is 0. The largest absolute Gasteiger partial charge is 0.422 e. The Morgan fingerprint density at radius 1 is 1.10 bits per heavy atom. The van der Waals surface area contributed by atoms with Crippen molar-refractivity contribution in [2.75, 3.05) is 0 Å². The summed E-state index contributed by atoms with van der Waals surface area (Å²) in [7, 11) is 0. The fraction of sp³-hybridized carbons (Fsp3) is 0.875. The van der Waals surface area contributed by atoms with E-state index in [-0.39, 0.29) is 0 Å². The summed E-state index contributed by atoms with van der Waals surface area (Å²) in [4.78, 5) is 12.7. The molecule has 1 fully saturated rings. The number of nitrogens with one attached hydrogen (secondary N) is 1. The Hall–Kier alpha value is -0.620. The van der Waals surface area contributed by atoms with E-state index in [0.717, 1.165) is 12.8 Å². The molecular formula is C8H14NO+. The van der Waals surface area contributed by atoms with E-state index in [1.54, 1.807) is 6.08 Å². The number of hydrogen-bond donors (Lipinski definition) is 1. The molecule has 0 atom stereocenters. The van der Waals surface area contributed by atoms with Crippen molar-refractivity contribution in [1.82, 2.24) is 0 Å². The summed E-state index contributed by atoms with van der Waals surface area (Å²) in [5, 5.41) is 0. The van der Waals surface area contributed by atoms with E-state index in [9.17, 15) is 4.79 Å². The quantitative estimate of drug-likeness (QED) is 0.313. The molecule has 1 aliphatic carbocycles. The molecule has 56 valence electrons. The van der Waals surface area contributed by atoms with Crippen molar-refractivity contribution in [2.45, 2.75) is 44.6 Å². The lowest BCUT2D eigenvalue weighted by Crippen LogP contribution is -2.74. The van der Waals surface area contributed by atoms with Crippen LogP contribution in [0, 0.1) is 0 Å². The molecule has 1 rings (SSSR count). The van der Waals surface area contributed by atoms with Crippen molar-refractivity contribution in [3.05, 3.63) is 0 Å². The Labute approximate surface area is 61.3 Å². The van der Waals surface area contributed by atoms with E-state index in [2.05, 4.69) is 4.99 Å². The van der Waals surface area contributed by atoms with Gasteiger partial charge in [-0.25, -0.2) is 0 Å². The van der Waals surface area contributed by atoms with Gasteiger partial charge in [-0.1, -0.05) is 12.8 Å². The predicted octanol–water partition coefficient (Wildman–Crippen LogP) is 0.126. The number of carbonyl (C=O) groups excluding carboxylic acids is 1. The van der Waals surface area contributed by atoms with Crippen LogP contribution >= 0.6 is 0 Å². The molecule has 1 N–H and O–H groups in total. The highest BCUT2D eigenvalue weighted by atomic mass is 16.1. The molecule has 0 radical (unpaired) electrons. The lowest BCUT2D eigenvalue weighted by Gasteiger charge is -1.97. The molecule has 0 aromatic carbocycles. The summed E-state index contributed by atoms with van der Waals surface area (Å²) in [5.74, 6) is 0. The summed E-state index contributed by atoms with van der Waals surface area (Å²) in [6.45, 7) is 0. The molecule has 2 nitrogen and oxygen atoms in total. The SMILES string of the molecule is O=C=[NH+]C1CCCCCC1. The minimum atomic E-state index is 0.417.